The van der Waals surface area contributed by atoms with Gasteiger partial charge in [-0.15, -0.1) is 0 Å². The van der Waals surface area contributed by atoms with Crippen molar-refractivity contribution in [2.75, 3.05) is 19.1 Å². The number of methoxy groups -OCH3 is 2. The Morgan fingerprint density at radius 3 is 2.46 bits per heavy atom. The molecule has 8 heteroatoms. The fourth-order valence-corrected chi connectivity index (χ4v) is 5.79. The number of aryl methyl sites for hydroxylation is 1. The van der Waals surface area contributed by atoms with E-state index in [2.05, 4.69) is 4.57 Å². The first kappa shape index (κ1) is 23.6. The average Bonchev–Trinajstić information content (AvgIpc) is 3.21. The minimum atomic E-state index is -0.720. The van der Waals surface area contributed by atoms with Crippen LogP contribution < -0.4 is 9.64 Å². The molecule has 1 atom stereocenters. The second-order valence-corrected chi connectivity index (χ2v) is 9.62. The van der Waals surface area contributed by atoms with Crippen LogP contribution in [0.2, 0.25) is 0 Å². The lowest BCUT2D eigenvalue weighted by Gasteiger charge is -2.34. The van der Waals surface area contributed by atoms with Crippen LogP contribution in [0.4, 0.5) is 19.3 Å². The van der Waals surface area contributed by atoms with Crippen molar-refractivity contribution in [3.05, 3.63) is 52.9 Å². The van der Waals surface area contributed by atoms with Crippen molar-refractivity contribution in [1.29, 1.82) is 0 Å². The van der Waals surface area contributed by atoms with E-state index in [0.717, 1.165) is 66.6 Å². The highest BCUT2D eigenvalue weighted by atomic mass is 19.1. The fraction of sp³-hybridized carbons (Fsp3) is 0.481. The molecule has 1 aliphatic heterocycles. The molecule has 0 radical (unpaired) electrons. The number of imidazole rings is 1. The van der Waals surface area contributed by atoms with Crippen LogP contribution in [0, 0.1) is 11.6 Å². The largest absolute Gasteiger partial charge is 0.491 e. The Bertz CT molecular complexity index is 1240. The van der Waals surface area contributed by atoms with Crippen LogP contribution in [0.3, 0.4) is 0 Å². The topological polar surface area (TPSA) is 56.6 Å². The number of nitrogens with zero attached hydrogens (tertiary/aromatic N) is 3. The van der Waals surface area contributed by atoms with Crippen molar-refractivity contribution in [2.45, 2.75) is 70.4 Å². The van der Waals surface area contributed by atoms with E-state index in [-0.39, 0.29) is 23.9 Å². The minimum Gasteiger partial charge on any atom is -0.491 e. The highest BCUT2D eigenvalue weighted by molar-refractivity contribution is 5.95. The fourth-order valence-electron chi connectivity index (χ4n) is 5.79. The lowest BCUT2D eigenvalue weighted by molar-refractivity contribution is 0.175. The summed E-state index contributed by atoms with van der Waals surface area (Å²) in [5.74, 6) is -1.03. The number of hydrogen-bond donors (Lipinski definition) is 0. The van der Waals surface area contributed by atoms with Crippen LogP contribution in [-0.2, 0) is 17.6 Å². The monoisotopic (exact) mass is 483 g/mol. The summed E-state index contributed by atoms with van der Waals surface area (Å²) in [5.41, 5.74) is 4.23. The van der Waals surface area contributed by atoms with Gasteiger partial charge in [-0.05, 0) is 62.4 Å². The predicted molar refractivity (Wildman–Crippen MR) is 130 cm³/mol. The van der Waals surface area contributed by atoms with Crippen LogP contribution in [-0.4, -0.2) is 35.9 Å². The molecular formula is C27H31F2N3O3. The summed E-state index contributed by atoms with van der Waals surface area (Å²) in [6.07, 6.45) is 7.13. The molecule has 1 aliphatic carbocycles. The third-order valence-electron chi connectivity index (χ3n) is 7.46. The molecule has 1 amide bonds. The first-order valence-electron chi connectivity index (χ1n) is 12.3. The standard InChI is InChI=1S/C27H31F2N3O3/c1-16-9-10-19-22(31(16)27(33)35-3)11-12-23-25(19)30-24(32(23)18-7-5-4-6-8-18)15-17-13-20(28)26(34-2)21(29)14-17/h11-14,16,18H,4-10,15H2,1-3H3/t16-/m0/s1. The Hall–Kier alpha value is -3.16. The van der Waals surface area contributed by atoms with Crippen molar-refractivity contribution >= 4 is 22.8 Å². The van der Waals surface area contributed by atoms with Gasteiger partial charge in [0, 0.05) is 24.1 Å². The molecule has 0 unspecified atom stereocenters. The summed E-state index contributed by atoms with van der Waals surface area (Å²) in [4.78, 5) is 19.3. The average molecular weight is 484 g/mol. The molecule has 1 fully saturated rings. The summed E-state index contributed by atoms with van der Waals surface area (Å²) in [5, 5.41) is 0. The molecule has 5 rings (SSSR count). The van der Waals surface area contributed by atoms with Crippen molar-refractivity contribution in [3.8, 4) is 5.75 Å². The molecule has 6 nitrogen and oxygen atoms in total. The number of amides is 1. The van der Waals surface area contributed by atoms with Crippen molar-refractivity contribution in [3.63, 3.8) is 0 Å². The zero-order valence-corrected chi connectivity index (χ0v) is 20.4. The Kier molecular flexibility index (Phi) is 6.38. The first-order chi connectivity index (χ1) is 16.9. The van der Waals surface area contributed by atoms with Gasteiger partial charge in [0.25, 0.3) is 0 Å². The number of carbonyl (C=O) groups is 1. The predicted octanol–water partition coefficient (Wildman–Crippen LogP) is 6.33. The minimum absolute atomic E-state index is 0.0255. The molecular weight excluding hydrogens is 452 g/mol. The van der Waals surface area contributed by atoms with E-state index in [9.17, 15) is 13.6 Å². The second kappa shape index (κ2) is 9.47. The Morgan fingerprint density at radius 2 is 1.80 bits per heavy atom. The van der Waals surface area contributed by atoms with Gasteiger partial charge in [0.1, 0.15) is 5.82 Å². The number of aromatic nitrogens is 2. The number of hydrogen-bond acceptors (Lipinski definition) is 4. The molecule has 0 spiro atoms. The summed E-state index contributed by atoms with van der Waals surface area (Å²) in [6, 6.07) is 6.97. The van der Waals surface area contributed by atoms with Crippen LogP contribution in [0.5, 0.6) is 5.75 Å². The van der Waals surface area contributed by atoms with Crippen LogP contribution in [0.1, 0.15) is 68.4 Å². The number of halogens is 2. The maximum atomic E-state index is 14.4. The van der Waals surface area contributed by atoms with Crippen molar-refractivity contribution in [1.82, 2.24) is 9.55 Å². The van der Waals surface area contributed by atoms with E-state index in [1.54, 1.807) is 4.90 Å². The van der Waals surface area contributed by atoms with Gasteiger partial charge in [0.15, 0.2) is 17.4 Å². The molecule has 1 saturated carbocycles. The summed E-state index contributed by atoms with van der Waals surface area (Å²) in [7, 11) is 2.65. The zero-order chi connectivity index (χ0) is 24.7. The molecule has 0 N–H and O–H groups in total. The summed E-state index contributed by atoms with van der Waals surface area (Å²) in [6.45, 7) is 2.02. The van der Waals surface area contributed by atoms with Gasteiger partial charge in [0.2, 0.25) is 0 Å². The number of carbonyl (C=O) groups excluding carboxylic acids is 1. The van der Waals surface area contributed by atoms with Gasteiger partial charge < -0.3 is 14.0 Å². The first-order valence-corrected chi connectivity index (χ1v) is 12.3. The van der Waals surface area contributed by atoms with Gasteiger partial charge >= 0.3 is 6.09 Å². The third-order valence-corrected chi connectivity index (χ3v) is 7.46. The number of fused-ring (bicyclic) bond motifs is 3. The number of ether oxygens (including phenoxy) is 2. The molecule has 3 aromatic rings. The third kappa shape index (κ3) is 4.13. The maximum Gasteiger partial charge on any atom is 0.414 e. The Labute approximate surface area is 203 Å². The van der Waals surface area contributed by atoms with Gasteiger partial charge in [0.05, 0.1) is 30.9 Å². The molecule has 35 heavy (non-hydrogen) atoms. The SMILES string of the molecule is COC(=O)N1c2ccc3c(nc(Cc4cc(F)c(OC)c(F)c4)n3C3CCCCC3)c2CC[C@@H]1C. The van der Waals surface area contributed by atoms with Crippen molar-refractivity contribution in [2.24, 2.45) is 0 Å². The van der Waals surface area contributed by atoms with E-state index in [1.807, 2.05) is 19.1 Å². The van der Waals surface area contributed by atoms with Crippen LogP contribution in [0.15, 0.2) is 24.3 Å². The number of anilines is 1. The van der Waals surface area contributed by atoms with E-state index in [0.29, 0.717) is 12.0 Å². The molecule has 1 aromatic heterocycles. The molecule has 2 aliphatic rings. The molecule has 0 bridgehead atoms. The normalized spacial score (nSPS) is 18.5. The summed E-state index contributed by atoms with van der Waals surface area (Å²) >= 11 is 0. The second-order valence-electron chi connectivity index (χ2n) is 9.62. The maximum absolute atomic E-state index is 14.4. The number of benzene rings is 2. The smallest absolute Gasteiger partial charge is 0.414 e. The van der Waals surface area contributed by atoms with Gasteiger partial charge in [-0.25, -0.2) is 18.6 Å². The number of rotatable bonds is 4. The van der Waals surface area contributed by atoms with Gasteiger partial charge in [-0.3, -0.25) is 4.90 Å². The van der Waals surface area contributed by atoms with Crippen LogP contribution in [0.25, 0.3) is 11.0 Å². The highest BCUT2D eigenvalue weighted by Gasteiger charge is 2.32. The molecule has 186 valence electrons. The molecule has 2 aromatic carbocycles. The van der Waals surface area contributed by atoms with Gasteiger partial charge in [-0.2, -0.15) is 0 Å². The molecule has 0 saturated heterocycles. The van der Waals surface area contributed by atoms with E-state index in [1.165, 1.54) is 32.8 Å². The zero-order valence-electron chi connectivity index (χ0n) is 20.4. The lowest BCUT2D eigenvalue weighted by Crippen LogP contribution is -2.42. The van der Waals surface area contributed by atoms with Gasteiger partial charge in [-0.1, -0.05) is 19.3 Å². The Balaban J connectivity index is 1.65. The van der Waals surface area contributed by atoms with Crippen molar-refractivity contribution < 1.29 is 23.0 Å². The van der Waals surface area contributed by atoms with E-state index >= 15 is 0 Å². The van der Waals surface area contributed by atoms with E-state index in [4.69, 9.17) is 14.5 Å². The van der Waals surface area contributed by atoms with E-state index < -0.39 is 11.6 Å². The van der Waals surface area contributed by atoms with Crippen LogP contribution >= 0.6 is 0 Å². The lowest BCUT2D eigenvalue weighted by atomic mass is 9.94. The summed E-state index contributed by atoms with van der Waals surface area (Å²) < 4.78 is 41.1. The molecule has 2 heterocycles. The Morgan fingerprint density at radius 1 is 1.09 bits per heavy atom. The highest BCUT2D eigenvalue weighted by Crippen LogP contribution is 2.40. The quantitative estimate of drug-likeness (QED) is 0.435.